The fraction of sp³-hybridized carbons (Fsp3) is 0.133. The molecule has 0 atom stereocenters. The Balaban J connectivity index is 2.19. The van der Waals surface area contributed by atoms with Crippen LogP contribution in [0, 0.1) is 0 Å². The molecule has 0 bridgehead atoms. The van der Waals surface area contributed by atoms with Crippen LogP contribution in [-0.4, -0.2) is 26.2 Å². The average molecular weight is 341 g/mol. The van der Waals surface area contributed by atoms with Crippen LogP contribution >= 0.6 is 23.4 Å². The Bertz CT molecular complexity index is 735. The first-order valence-electron chi connectivity index (χ1n) is 6.08. The molecule has 0 saturated carbocycles. The van der Waals surface area contributed by atoms with Gasteiger partial charge in [-0.3, -0.25) is 4.79 Å². The van der Waals surface area contributed by atoms with Gasteiger partial charge in [-0.15, -0.1) is 11.8 Å². The predicted octanol–water partition coefficient (Wildman–Crippen LogP) is 3.72. The van der Waals surface area contributed by atoms with Gasteiger partial charge in [-0.05, 0) is 42.7 Å². The monoisotopic (exact) mass is 340 g/mol. The minimum atomic E-state index is -3.65. The molecule has 0 amide bonds. The van der Waals surface area contributed by atoms with Crippen molar-refractivity contribution in [2.24, 2.45) is 0 Å². The highest BCUT2D eigenvalue weighted by atomic mass is 35.5. The molecule has 0 unspecified atom stereocenters. The number of halogens is 1. The topological polar surface area (TPSA) is 51.2 Å². The van der Waals surface area contributed by atoms with Gasteiger partial charge in [0, 0.05) is 15.5 Å². The lowest BCUT2D eigenvalue weighted by atomic mass is 10.1. The fourth-order valence-electron chi connectivity index (χ4n) is 1.76. The minimum absolute atomic E-state index is 0.0981. The number of rotatable bonds is 5. The first-order valence-corrected chi connectivity index (χ1v) is 9.33. The molecule has 3 nitrogen and oxygen atoms in total. The van der Waals surface area contributed by atoms with Crippen LogP contribution in [0.1, 0.15) is 10.4 Å². The van der Waals surface area contributed by atoms with Gasteiger partial charge in [0.25, 0.3) is 0 Å². The number of Topliss-reactive ketones (excluding diaryl/α,β-unsaturated/α-hetero) is 1. The van der Waals surface area contributed by atoms with E-state index >= 15 is 0 Å². The van der Waals surface area contributed by atoms with Crippen molar-refractivity contribution < 1.29 is 13.2 Å². The van der Waals surface area contributed by atoms with E-state index in [4.69, 9.17) is 11.6 Å². The predicted molar refractivity (Wildman–Crippen MR) is 86.1 cm³/mol. The highest BCUT2D eigenvalue weighted by Gasteiger charge is 2.20. The Hall–Kier alpha value is -1.30. The molecular weight excluding hydrogens is 328 g/mol. The van der Waals surface area contributed by atoms with Gasteiger partial charge >= 0.3 is 0 Å². The molecule has 0 N–H and O–H groups in total. The number of carbonyl (C=O) groups excluding carboxylic acids is 1. The zero-order chi connectivity index (χ0) is 15.5. The van der Waals surface area contributed by atoms with Crippen LogP contribution in [0.5, 0.6) is 0 Å². The molecule has 0 spiro atoms. The van der Waals surface area contributed by atoms with E-state index in [1.165, 1.54) is 24.3 Å². The van der Waals surface area contributed by atoms with Crippen molar-refractivity contribution in [2.75, 3.05) is 12.0 Å². The molecule has 0 radical (unpaired) electrons. The van der Waals surface area contributed by atoms with E-state index in [-0.39, 0.29) is 4.90 Å². The van der Waals surface area contributed by atoms with Crippen molar-refractivity contribution >= 4 is 39.0 Å². The standard InChI is InChI=1S/C15H13ClO3S2/c1-20-13-6-2-11(3-7-13)15(17)10-21(18,19)14-8-4-12(16)5-9-14/h2-9H,10H2,1H3. The molecule has 0 aliphatic carbocycles. The van der Waals surface area contributed by atoms with E-state index in [1.807, 2.05) is 6.26 Å². The van der Waals surface area contributed by atoms with E-state index in [1.54, 1.807) is 36.0 Å². The molecule has 2 rings (SSSR count). The van der Waals surface area contributed by atoms with Crippen molar-refractivity contribution in [3.05, 3.63) is 59.1 Å². The summed E-state index contributed by atoms with van der Waals surface area (Å²) >= 11 is 7.29. The Kier molecular flexibility index (Phi) is 5.08. The third-order valence-corrected chi connectivity index (χ3v) is 5.53. The average Bonchev–Trinajstić information content (AvgIpc) is 2.47. The van der Waals surface area contributed by atoms with Crippen molar-refractivity contribution in [2.45, 2.75) is 9.79 Å². The van der Waals surface area contributed by atoms with Gasteiger partial charge in [0.15, 0.2) is 15.6 Å². The number of benzene rings is 2. The maximum absolute atomic E-state index is 12.2. The third kappa shape index (κ3) is 4.09. The summed E-state index contributed by atoms with van der Waals surface area (Å²) in [5.41, 5.74) is 0.394. The van der Waals surface area contributed by atoms with Gasteiger partial charge in [0.05, 0.1) is 4.90 Å². The third-order valence-electron chi connectivity index (χ3n) is 2.91. The van der Waals surface area contributed by atoms with Gasteiger partial charge in [0.2, 0.25) is 0 Å². The van der Waals surface area contributed by atoms with E-state index in [0.717, 1.165) is 4.90 Å². The van der Waals surface area contributed by atoms with Gasteiger partial charge in [0.1, 0.15) is 5.75 Å². The molecular formula is C15H13ClO3S2. The zero-order valence-corrected chi connectivity index (χ0v) is 13.6. The van der Waals surface area contributed by atoms with Crippen molar-refractivity contribution in [1.29, 1.82) is 0 Å². The molecule has 0 saturated heterocycles. The minimum Gasteiger partial charge on any atom is -0.293 e. The quantitative estimate of drug-likeness (QED) is 0.615. The summed E-state index contributed by atoms with van der Waals surface area (Å²) < 4.78 is 24.4. The van der Waals surface area contributed by atoms with Gasteiger partial charge in [-0.25, -0.2) is 8.42 Å². The van der Waals surface area contributed by atoms with E-state index in [2.05, 4.69) is 0 Å². The lowest BCUT2D eigenvalue weighted by molar-refractivity contribution is 0.102. The molecule has 2 aromatic carbocycles. The molecule has 0 aliphatic heterocycles. The Morgan fingerprint density at radius 1 is 1.05 bits per heavy atom. The van der Waals surface area contributed by atoms with Gasteiger partial charge in [-0.2, -0.15) is 0 Å². The van der Waals surface area contributed by atoms with Crippen LogP contribution in [0.15, 0.2) is 58.3 Å². The van der Waals surface area contributed by atoms with Crippen molar-refractivity contribution in [3.8, 4) is 0 Å². The largest absolute Gasteiger partial charge is 0.293 e. The summed E-state index contributed by atoms with van der Waals surface area (Å²) in [6.45, 7) is 0. The zero-order valence-electron chi connectivity index (χ0n) is 11.2. The Labute approximate surface area is 133 Å². The van der Waals surface area contributed by atoms with Crippen molar-refractivity contribution in [1.82, 2.24) is 0 Å². The highest BCUT2D eigenvalue weighted by Crippen LogP contribution is 2.18. The summed E-state index contributed by atoms with van der Waals surface area (Å²) in [6.07, 6.45) is 1.93. The maximum Gasteiger partial charge on any atom is 0.185 e. The number of sulfone groups is 1. The normalized spacial score (nSPS) is 11.3. The lowest BCUT2D eigenvalue weighted by Gasteiger charge is -2.05. The van der Waals surface area contributed by atoms with Crippen LogP contribution in [0.25, 0.3) is 0 Å². The fourth-order valence-corrected chi connectivity index (χ4v) is 3.52. The van der Waals surface area contributed by atoms with Crippen LogP contribution in [0.2, 0.25) is 5.02 Å². The number of hydrogen-bond acceptors (Lipinski definition) is 4. The molecule has 110 valence electrons. The molecule has 0 aromatic heterocycles. The molecule has 21 heavy (non-hydrogen) atoms. The summed E-state index contributed by atoms with van der Waals surface area (Å²) in [6, 6.07) is 12.7. The summed E-state index contributed by atoms with van der Waals surface area (Å²) in [7, 11) is -3.65. The van der Waals surface area contributed by atoms with E-state index in [0.29, 0.717) is 10.6 Å². The SMILES string of the molecule is CSc1ccc(C(=O)CS(=O)(=O)c2ccc(Cl)cc2)cc1. The van der Waals surface area contributed by atoms with E-state index in [9.17, 15) is 13.2 Å². The highest BCUT2D eigenvalue weighted by molar-refractivity contribution is 7.98. The lowest BCUT2D eigenvalue weighted by Crippen LogP contribution is -2.16. The maximum atomic E-state index is 12.2. The number of carbonyl (C=O) groups is 1. The van der Waals surface area contributed by atoms with Crippen molar-refractivity contribution in [3.63, 3.8) is 0 Å². The second kappa shape index (κ2) is 6.64. The van der Waals surface area contributed by atoms with Gasteiger partial charge < -0.3 is 0 Å². The summed E-state index contributed by atoms with van der Waals surface area (Å²) in [5.74, 6) is -0.967. The number of thioether (sulfide) groups is 1. The van der Waals surface area contributed by atoms with Gasteiger partial charge in [-0.1, -0.05) is 23.7 Å². The van der Waals surface area contributed by atoms with Crippen LogP contribution in [0.3, 0.4) is 0 Å². The second-order valence-corrected chi connectivity index (χ2v) is 7.67. The molecule has 2 aromatic rings. The summed E-state index contributed by atoms with van der Waals surface area (Å²) in [5, 5.41) is 0.452. The van der Waals surface area contributed by atoms with Crippen LogP contribution in [0.4, 0.5) is 0 Å². The summed E-state index contributed by atoms with van der Waals surface area (Å²) in [4.78, 5) is 13.2. The molecule has 0 heterocycles. The number of ketones is 1. The molecule has 0 fully saturated rings. The Morgan fingerprint density at radius 2 is 1.62 bits per heavy atom. The molecule has 6 heteroatoms. The molecule has 0 aliphatic rings. The second-order valence-electron chi connectivity index (χ2n) is 4.36. The van der Waals surface area contributed by atoms with Crippen LogP contribution in [-0.2, 0) is 9.84 Å². The first kappa shape index (κ1) is 16.1. The van der Waals surface area contributed by atoms with E-state index < -0.39 is 21.4 Å². The Morgan fingerprint density at radius 3 is 2.14 bits per heavy atom. The first-order chi connectivity index (χ1) is 9.92. The number of hydrogen-bond donors (Lipinski definition) is 0. The smallest absolute Gasteiger partial charge is 0.185 e. The van der Waals surface area contributed by atoms with Crippen LogP contribution < -0.4 is 0 Å².